The number of aliphatic hydroxyl groups excluding tert-OH is 6. The molecule has 2 aliphatic rings. The van der Waals surface area contributed by atoms with Crippen molar-refractivity contribution in [2.24, 2.45) is 0 Å². The number of aliphatic carboxylic acids is 1. The highest BCUT2D eigenvalue weighted by Crippen LogP contribution is 2.34. The lowest BCUT2D eigenvalue weighted by molar-refractivity contribution is -0.318. The van der Waals surface area contributed by atoms with E-state index in [0.29, 0.717) is 6.54 Å². The first kappa shape index (κ1) is 28.7. The number of carboxylic acid groups (broad SMARTS) is 1. The minimum absolute atomic E-state index is 0.109. The molecular weight excluding hydrogens is 464 g/mol. The van der Waals surface area contributed by atoms with Crippen molar-refractivity contribution >= 4 is 11.9 Å². The van der Waals surface area contributed by atoms with Gasteiger partial charge >= 0.3 is 5.97 Å². The monoisotopic (exact) mass is 498 g/mol. The largest absolute Gasteiger partial charge is 0.480 e. The molecule has 0 aliphatic carbocycles. The van der Waals surface area contributed by atoms with E-state index in [4.69, 9.17) is 14.2 Å². The molecule has 0 saturated carbocycles. The van der Waals surface area contributed by atoms with Gasteiger partial charge in [0.2, 0.25) is 11.7 Å². The molecule has 10 atom stereocenters. The van der Waals surface area contributed by atoms with Gasteiger partial charge in [-0.25, -0.2) is 0 Å². The predicted octanol–water partition coefficient (Wildman–Crippen LogP) is -5.43. The summed E-state index contributed by atoms with van der Waals surface area (Å²) in [6.45, 7) is -0.0349. The molecule has 2 unspecified atom stereocenters. The number of carbonyl (C=O) groups is 2. The molecule has 0 bridgehead atoms. The molecule has 2 rings (SSSR count). The SMILES string of the molecule is CCNC(=O)CCC(NCC1(O)O[C@H](CO)[C@@H](O[C@H]2O[C@H](CO)[C@@H](O)[C@H](O)[C@H]2O)[C@@H]1O)C(=O)O. The van der Waals surface area contributed by atoms with E-state index in [9.17, 15) is 50.4 Å². The molecule has 15 nitrogen and oxygen atoms in total. The highest BCUT2D eigenvalue weighted by Gasteiger charge is 2.56. The van der Waals surface area contributed by atoms with Gasteiger partial charge in [-0.2, -0.15) is 0 Å². The number of rotatable bonds is 12. The molecule has 0 aromatic heterocycles. The summed E-state index contributed by atoms with van der Waals surface area (Å²) in [4.78, 5) is 23.1. The maximum Gasteiger partial charge on any atom is 0.320 e. The van der Waals surface area contributed by atoms with E-state index in [0.717, 1.165) is 0 Å². The molecule has 0 aromatic rings. The zero-order chi connectivity index (χ0) is 25.6. The number of hydrogen-bond donors (Lipinski definition) is 10. The molecule has 2 saturated heterocycles. The third-order valence-electron chi connectivity index (χ3n) is 5.75. The Bertz CT molecular complexity index is 683. The highest BCUT2D eigenvalue weighted by molar-refractivity contribution is 5.78. The zero-order valence-corrected chi connectivity index (χ0v) is 18.6. The van der Waals surface area contributed by atoms with Crippen LogP contribution in [-0.2, 0) is 23.8 Å². The number of carboxylic acids is 1. The Morgan fingerprint density at radius 1 is 1.06 bits per heavy atom. The first-order valence-electron chi connectivity index (χ1n) is 10.9. The molecule has 198 valence electrons. The summed E-state index contributed by atoms with van der Waals surface area (Å²) in [6, 6.07) is -1.28. The second-order valence-corrected chi connectivity index (χ2v) is 8.19. The van der Waals surface area contributed by atoms with Crippen LogP contribution < -0.4 is 10.6 Å². The average molecular weight is 498 g/mol. The van der Waals surface area contributed by atoms with Crippen molar-refractivity contribution in [2.75, 3.05) is 26.3 Å². The van der Waals surface area contributed by atoms with Gasteiger partial charge in [0, 0.05) is 13.0 Å². The lowest BCUT2D eigenvalue weighted by Gasteiger charge is -2.41. The third kappa shape index (κ3) is 6.58. The highest BCUT2D eigenvalue weighted by atomic mass is 16.7. The van der Waals surface area contributed by atoms with Crippen LogP contribution in [-0.4, -0.2) is 140 Å². The predicted molar refractivity (Wildman–Crippen MR) is 109 cm³/mol. The Balaban J connectivity index is 2.05. The number of carbonyl (C=O) groups excluding carboxylic acids is 1. The summed E-state index contributed by atoms with van der Waals surface area (Å²) in [5, 5.41) is 84.6. The molecule has 0 radical (unpaired) electrons. The van der Waals surface area contributed by atoms with Crippen molar-refractivity contribution in [2.45, 2.75) is 80.6 Å². The van der Waals surface area contributed by atoms with Gasteiger partial charge in [-0.1, -0.05) is 0 Å². The molecule has 15 heteroatoms. The Morgan fingerprint density at radius 2 is 1.71 bits per heavy atom. The van der Waals surface area contributed by atoms with E-state index in [2.05, 4.69) is 10.6 Å². The van der Waals surface area contributed by atoms with Crippen LogP contribution in [0.1, 0.15) is 19.8 Å². The third-order valence-corrected chi connectivity index (χ3v) is 5.75. The fourth-order valence-corrected chi connectivity index (χ4v) is 3.79. The van der Waals surface area contributed by atoms with Crippen molar-refractivity contribution in [1.82, 2.24) is 10.6 Å². The van der Waals surface area contributed by atoms with Crippen molar-refractivity contribution in [3.8, 4) is 0 Å². The lowest BCUT2D eigenvalue weighted by Crippen LogP contribution is -2.61. The first-order chi connectivity index (χ1) is 16.0. The van der Waals surface area contributed by atoms with Crippen molar-refractivity contribution in [3.05, 3.63) is 0 Å². The van der Waals surface area contributed by atoms with Crippen LogP contribution in [0.15, 0.2) is 0 Å². The number of hydrogen-bond acceptors (Lipinski definition) is 13. The second kappa shape index (κ2) is 12.5. The fraction of sp³-hybridized carbons (Fsp3) is 0.895. The number of ether oxygens (including phenoxy) is 3. The molecule has 2 aliphatic heterocycles. The Morgan fingerprint density at radius 3 is 2.26 bits per heavy atom. The van der Waals surface area contributed by atoms with Crippen LogP contribution >= 0.6 is 0 Å². The van der Waals surface area contributed by atoms with Gasteiger partial charge in [-0.05, 0) is 13.3 Å². The maximum atomic E-state index is 11.6. The second-order valence-electron chi connectivity index (χ2n) is 8.19. The summed E-state index contributed by atoms with van der Waals surface area (Å²) in [7, 11) is 0. The molecule has 0 spiro atoms. The molecular formula is C19H34N2O13. The zero-order valence-electron chi connectivity index (χ0n) is 18.6. The van der Waals surface area contributed by atoms with Gasteiger partial charge in [0.05, 0.1) is 19.8 Å². The van der Waals surface area contributed by atoms with Gasteiger partial charge in [0.1, 0.15) is 48.8 Å². The van der Waals surface area contributed by atoms with Crippen LogP contribution in [0.25, 0.3) is 0 Å². The molecule has 0 aromatic carbocycles. The molecule has 10 N–H and O–H groups in total. The van der Waals surface area contributed by atoms with E-state index in [1.807, 2.05) is 0 Å². The minimum atomic E-state index is -2.44. The van der Waals surface area contributed by atoms with Gasteiger partial charge < -0.3 is 60.4 Å². The smallest absolute Gasteiger partial charge is 0.320 e. The van der Waals surface area contributed by atoms with E-state index in [-0.39, 0.29) is 18.7 Å². The van der Waals surface area contributed by atoms with Crippen LogP contribution in [0, 0.1) is 0 Å². The van der Waals surface area contributed by atoms with Crippen LogP contribution in [0.5, 0.6) is 0 Å². The van der Waals surface area contributed by atoms with Gasteiger partial charge in [0.15, 0.2) is 6.29 Å². The van der Waals surface area contributed by atoms with Gasteiger partial charge in [-0.15, -0.1) is 0 Å². The van der Waals surface area contributed by atoms with E-state index in [1.165, 1.54) is 0 Å². The van der Waals surface area contributed by atoms with E-state index < -0.39 is 86.6 Å². The van der Waals surface area contributed by atoms with Crippen molar-refractivity contribution in [3.63, 3.8) is 0 Å². The summed E-state index contributed by atoms with van der Waals surface area (Å²) in [5.41, 5.74) is 0. The molecule has 2 fully saturated rings. The van der Waals surface area contributed by atoms with Gasteiger partial charge in [-0.3, -0.25) is 14.9 Å². The summed E-state index contributed by atoms with van der Waals surface area (Å²) in [5.74, 6) is -4.11. The Labute approximate surface area is 194 Å². The van der Waals surface area contributed by atoms with E-state index in [1.54, 1.807) is 6.92 Å². The average Bonchev–Trinajstić information content (AvgIpc) is 3.03. The summed E-state index contributed by atoms with van der Waals surface area (Å²) in [6.07, 6.45) is -13.2. The quantitative estimate of drug-likeness (QED) is 0.121. The molecule has 34 heavy (non-hydrogen) atoms. The summed E-state index contributed by atoms with van der Waals surface area (Å²) >= 11 is 0. The normalized spacial score (nSPS) is 39.1. The topological polar surface area (TPSA) is 248 Å². The van der Waals surface area contributed by atoms with Crippen molar-refractivity contribution in [1.29, 1.82) is 0 Å². The number of aliphatic hydroxyl groups is 7. The maximum absolute atomic E-state index is 11.6. The lowest BCUT2D eigenvalue weighted by atomic mass is 9.98. The Kier molecular flexibility index (Phi) is 10.5. The van der Waals surface area contributed by atoms with Crippen LogP contribution in [0.2, 0.25) is 0 Å². The Hall–Kier alpha value is -1.50. The molecule has 1 amide bonds. The van der Waals surface area contributed by atoms with E-state index >= 15 is 0 Å². The van der Waals surface area contributed by atoms with Crippen molar-refractivity contribution < 1.29 is 64.7 Å². The minimum Gasteiger partial charge on any atom is -0.480 e. The number of nitrogens with one attached hydrogen (secondary N) is 2. The summed E-state index contributed by atoms with van der Waals surface area (Å²) < 4.78 is 15.9. The molecule has 2 heterocycles. The first-order valence-corrected chi connectivity index (χ1v) is 10.9. The van der Waals surface area contributed by atoms with Crippen LogP contribution in [0.4, 0.5) is 0 Å². The van der Waals surface area contributed by atoms with Crippen LogP contribution in [0.3, 0.4) is 0 Å². The fourth-order valence-electron chi connectivity index (χ4n) is 3.79. The van der Waals surface area contributed by atoms with Gasteiger partial charge in [0.25, 0.3) is 0 Å². The standard InChI is InChI=1S/C19H34N2O13/c1-2-20-11(24)4-3-8(17(29)30)21-7-19(31)16(28)15(10(6-23)34-19)33-18-14(27)13(26)12(25)9(5-22)32-18/h8-10,12-16,18,21-23,25-28,31H,2-7H2,1H3,(H,20,24)(H,29,30)/t8?,9-,10-,12-,13+,14-,15-,16+,18-,19?/m1/s1. The number of amides is 1.